The van der Waals surface area contributed by atoms with Gasteiger partial charge < -0.3 is 0 Å². The van der Waals surface area contributed by atoms with E-state index in [4.69, 9.17) is 34.8 Å². The number of aryl methyl sites for hydroxylation is 1. The molecule has 0 aliphatic heterocycles. The quantitative estimate of drug-likeness (QED) is 0.716. The van der Waals surface area contributed by atoms with Crippen molar-refractivity contribution >= 4 is 56.3 Å². The number of halogens is 3. The van der Waals surface area contributed by atoms with E-state index in [0.29, 0.717) is 0 Å². The van der Waals surface area contributed by atoms with Gasteiger partial charge in [-0.15, -0.1) is 23.2 Å². The Labute approximate surface area is 150 Å². The molecule has 0 saturated carbocycles. The van der Waals surface area contributed by atoms with Crippen LogP contribution in [0.15, 0.2) is 44.2 Å². The van der Waals surface area contributed by atoms with Gasteiger partial charge in [0.15, 0.2) is 5.78 Å². The zero-order chi connectivity index (χ0) is 17.6. The molecule has 0 amide bonds. The standard InChI is InChI=1S/C15H14Cl3NO3S/c1-8-4-6-10(7-5-8)23(21,22)19-12-9(2)11(16)14(20)15(3,18)13(12)17/h4-7,13H,1-3H3/t13-,15+/m1/s1. The molecule has 0 unspecified atom stereocenters. The normalized spacial score (nSPS) is 27.7. The molecule has 2 rings (SSSR count). The SMILES string of the molecule is CC1=C(Cl)C(=O)[C@@](C)(Cl)[C@H](Cl)C1=NS(=O)(=O)c1ccc(C)cc1. The summed E-state index contributed by atoms with van der Waals surface area (Å²) in [5.41, 5.74) is 1.11. The van der Waals surface area contributed by atoms with Gasteiger partial charge in [0.05, 0.1) is 15.6 Å². The van der Waals surface area contributed by atoms with Gasteiger partial charge in [-0.05, 0) is 38.5 Å². The Bertz CT molecular complexity index is 824. The van der Waals surface area contributed by atoms with Crippen molar-refractivity contribution < 1.29 is 13.2 Å². The molecule has 1 aliphatic carbocycles. The van der Waals surface area contributed by atoms with Crippen LogP contribution in [0.25, 0.3) is 0 Å². The van der Waals surface area contributed by atoms with Crippen LogP contribution in [0, 0.1) is 6.92 Å². The summed E-state index contributed by atoms with van der Waals surface area (Å²) in [5, 5.41) is -1.27. The summed E-state index contributed by atoms with van der Waals surface area (Å²) < 4.78 is 28.7. The lowest BCUT2D eigenvalue weighted by Crippen LogP contribution is -2.48. The van der Waals surface area contributed by atoms with Crippen LogP contribution in [-0.4, -0.2) is 30.2 Å². The van der Waals surface area contributed by atoms with Gasteiger partial charge >= 0.3 is 0 Å². The van der Waals surface area contributed by atoms with Crippen molar-refractivity contribution in [1.29, 1.82) is 0 Å². The monoisotopic (exact) mass is 393 g/mol. The largest absolute Gasteiger partial charge is 0.291 e. The average Bonchev–Trinajstić information content (AvgIpc) is 2.49. The predicted molar refractivity (Wildman–Crippen MR) is 93.3 cm³/mol. The second-order valence-corrected chi connectivity index (χ2v) is 8.67. The maximum Gasteiger partial charge on any atom is 0.282 e. The third kappa shape index (κ3) is 3.33. The first kappa shape index (κ1) is 18.5. The van der Waals surface area contributed by atoms with Gasteiger partial charge in [0.1, 0.15) is 10.3 Å². The van der Waals surface area contributed by atoms with Crippen LogP contribution >= 0.6 is 34.8 Å². The van der Waals surface area contributed by atoms with Crippen molar-refractivity contribution in [3.63, 3.8) is 0 Å². The predicted octanol–water partition coefficient (Wildman–Crippen LogP) is 3.83. The minimum absolute atomic E-state index is 0.0191. The number of carbonyl (C=O) groups is 1. The molecule has 0 spiro atoms. The molecule has 4 nitrogen and oxygen atoms in total. The van der Waals surface area contributed by atoms with Crippen molar-refractivity contribution in [2.24, 2.45) is 4.40 Å². The topological polar surface area (TPSA) is 63.6 Å². The van der Waals surface area contributed by atoms with Crippen LogP contribution in [0.4, 0.5) is 0 Å². The van der Waals surface area contributed by atoms with Crippen molar-refractivity contribution in [3.8, 4) is 0 Å². The number of Topliss-reactive ketones (excluding diaryl/α,β-unsaturated/α-hetero) is 1. The lowest BCUT2D eigenvalue weighted by Gasteiger charge is -2.32. The number of carbonyl (C=O) groups excluding carboxylic acids is 1. The molecule has 0 aromatic heterocycles. The highest BCUT2D eigenvalue weighted by Gasteiger charge is 2.48. The molecular weight excluding hydrogens is 381 g/mol. The van der Waals surface area contributed by atoms with Crippen molar-refractivity contribution in [2.75, 3.05) is 0 Å². The maximum atomic E-state index is 12.5. The Morgan fingerprint density at radius 2 is 1.70 bits per heavy atom. The van der Waals surface area contributed by atoms with Gasteiger partial charge in [0.2, 0.25) is 0 Å². The number of rotatable bonds is 2. The van der Waals surface area contributed by atoms with Crippen LogP contribution in [0.1, 0.15) is 19.4 Å². The second-order valence-electron chi connectivity index (χ2n) is 5.47. The van der Waals surface area contributed by atoms with E-state index in [-0.39, 0.29) is 21.2 Å². The van der Waals surface area contributed by atoms with Gasteiger partial charge in [-0.3, -0.25) is 4.79 Å². The van der Waals surface area contributed by atoms with Crippen LogP contribution in [0.2, 0.25) is 0 Å². The Hall–Kier alpha value is -0.880. The van der Waals surface area contributed by atoms with E-state index in [1.807, 2.05) is 6.92 Å². The highest BCUT2D eigenvalue weighted by atomic mass is 35.5. The number of nitrogens with zero attached hydrogens (tertiary/aromatic N) is 1. The van der Waals surface area contributed by atoms with Gasteiger partial charge in [-0.2, -0.15) is 12.8 Å². The molecule has 1 aromatic carbocycles. The molecule has 0 heterocycles. The minimum Gasteiger partial charge on any atom is -0.291 e. The fourth-order valence-corrected chi connectivity index (χ4v) is 4.06. The van der Waals surface area contributed by atoms with E-state index in [2.05, 4.69) is 4.40 Å². The van der Waals surface area contributed by atoms with E-state index in [9.17, 15) is 13.2 Å². The molecule has 0 fully saturated rings. The van der Waals surface area contributed by atoms with Gasteiger partial charge in [-0.1, -0.05) is 29.3 Å². The Balaban J connectivity index is 2.61. The average molecular weight is 395 g/mol. The first-order chi connectivity index (χ1) is 10.5. The van der Waals surface area contributed by atoms with E-state index in [0.717, 1.165) is 5.56 Å². The molecular formula is C15H14Cl3NO3S. The van der Waals surface area contributed by atoms with Crippen molar-refractivity contribution in [3.05, 3.63) is 40.4 Å². The van der Waals surface area contributed by atoms with Crippen molar-refractivity contribution in [1.82, 2.24) is 0 Å². The first-order valence-corrected chi connectivity index (χ1v) is 9.28. The molecule has 8 heteroatoms. The summed E-state index contributed by atoms with van der Waals surface area (Å²) in [6.45, 7) is 4.72. The molecule has 124 valence electrons. The Kier molecular flexibility index (Phi) is 4.98. The van der Waals surface area contributed by atoms with Gasteiger partial charge in [0, 0.05) is 0 Å². The summed E-state index contributed by atoms with van der Waals surface area (Å²) in [5.74, 6) is -0.551. The first-order valence-electron chi connectivity index (χ1n) is 6.64. The summed E-state index contributed by atoms with van der Waals surface area (Å²) >= 11 is 18.3. The molecule has 1 aliphatic rings. The fourth-order valence-electron chi connectivity index (χ4n) is 2.07. The van der Waals surface area contributed by atoms with Crippen LogP contribution in [0.5, 0.6) is 0 Å². The molecule has 23 heavy (non-hydrogen) atoms. The summed E-state index contributed by atoms with van der Waals surface area (Å²) in [4.78, 5) is 10.5. The van der Waals surface area contributed by atoms with Crippen LogP contribution in [-0.2, 0) is 14.8 Å². The van der Waals surface area contributed by atoms with Crippen LogP contribution < -0.4 is 0 Å². The van der Waals surface area contributed by atoms with Gasteiger partial charge in [-0.25, -0.2) is 0 Å². The lowest BCUT2D eigenvalue weighted by molar-refractivity contribution is -0.117. The molecule has 0 saturated heterocycles. The zero-order valence-electron chi connectivity index (χ0n) is 12.6. The zero-order valence-corrected chi connectivity index (χ0v) is 15.7. The number of ketones is 1. The molecule has 0 radical (unpaired) electrons. The second kappa shape index (κ2) is 6.20. The Morgan fingerprint density at radius 3 is 2.22 bits per heavy atom. The molecule has 0 N–H and O–H groups in total. The maximum absolute atomic E-state index is 12.5. The van der Waals surface area contributed by atoms with Gasteiger partial charge in [0.25, 0.3) is 10.0 Å². The number of allylic oxidation sites excluding steroid dienone is 2. The number of alkyl halides is 2. The Morgan fingerprint density at radius 1 is 1.17 bits per heavy atom. The number of sulfonamides is 1. The molecule has 1 aromatic rings. The third-order valence-corrected chi connectivity index (χ3v) is 6.51. The van der Waals surface area contributed by atoms with E-state index in [1.54, 1.807) is 12.1 Å². The fraction of sp³-hybridized carbons (Fsp3) is 0.333. The number of benzene rings is 1. The molecule has 2 atom stereocenters. The summed E-state index contributed by atoms with van der Waals surface area (Å²) in [6.07, 6.45) is 0. The minimum atomic E-state index is -3.99. The van der Waals surface area contributed by atoms with Crippen molar-refractivity contribution in [2.45, 2.75) is 35.9 Å². The number of hydrogen-bond donors (Lipinski definition) is 0. The smallest absolute Gasteiger partial charge is 0.282 e. The highest BCUT2D eigenvalue weighted by molar-refractivity contribution is 7.90. The third-order valence-electron chi connectivity index (χ3n) is 3.61. The van der Waals surface area contributed by atoms with Crippen LogP contribution in [0.3, 0.4) is 0 Å². The van der Waals surface area contributed by atoms with E-state index in [1.165, 1.54) is 26.0 Å². The summed E-state index contributed by atoms with van der Waals surface area (Å²) in [6, 6.07) is 6.23. The lowest BCUT2D eigenvalue weighted by atomic mass is 9.87. The van der Waals surface area contributed by atoms with E-state index >= 15 is 0 Å². The van der Waals surface area contributed by atoms with E-state index < -0.39 is 26.1 Å². The number of hydrogen-bond acceptors (Lipinski definition) is 3. The molecule has 0 bridgehead atoms. The summed E-state index contributed by atoms with van der Waals surface area (Å²) in [7, 11) is -3.99. The highest BCUT2D eigenvalue weighted by Crippen LogP contribution is 2.38.